The van der Waals surface area contributed by atoms with Crippen LogP contribution >= 0.6 is 0 Å². The molecule has 151 valence electrons. The maximum Gasteiger partial charge on any atom is 0.320 e. The molecular weight excluding hydrogens is 381 g/mol. The second-order valence-electron chi connectivity index (χ2n) is 6.88. The van der Waals surface area contributed by atoms with Gasteiger partial charge < -0.3 is 5.32 Å². The molecule has 1 atom stereocenters. The van der Waals surface area contributed by atoms with Crippen molar-refractivity contribution in [1.82, 2.24) is 20.1 Å². The number of hydrogen-bond acceptors (Lipinski definition) is 3. The van der Waals surface area contributed by atoms with Crippen molar-refractivity contribution in [3.63, 3.8) is 0 Å². The van der Waals surface area contributed by atoms with Gasteiger partial charge in [-0.25, -0.2) is 18.9 Å². The number of carbonyl (C=O) groups excluding carboxylic acids is 1. The third-order valence-corrected chi connectivity index (χ3v) is 4.81. The van der Waals surface area contributed by atoms with Crippen LogP contribution in [0.4, 0.5) is 15.0 Å². The zero-order valence-electron chi connectivity index (χ0n) is 16.6. The van der Waals surface area contributed by atoms with Crippen molar-refractivity contribution in [2.75, 3.05) is 5.32 Å². The molecule has 0 fully saturated rings. The molecule has 0 aliphatic rings. The van der Waals surface area contributed by atoms with Gasteiger partial charge in [0.25, 0.3) is 0 Å². The van der Waals surface area contributed by atoms with Gasteiger partial charge in [-0.1, -0.05) is 37.3 Å². The quantitative estimate of drug-likeness (QED) is 0.493. The molecule has 2 amide bonds. The highest BCUT2D eigenvalue weighted by molar-refractivity contribution is 5.92. The second kappa shape index (κ2) is 8.32. The van der Waals surface area contributed by atoms with Crippen LogP contribution in [0.3, 0.4) is 0 Å². The highest BCUT2D eigenvalue weighted by atomic mass is 19.1. The van der Waals surface area contributed by atoms with E-state index in [-0.39, 0.29) is 17.9 Å². The lowest BCUT2D eigenvalue weighted by Gasteiger charge is -2.15. The van der Waals surface area contributed by atoms with Gasteiger partial charge in [0.05, 0.1) is 29.1 Å². The number of rotatable bonds is 5. The zero-order valence-corrected chi connectivity index (χ0v) is 16.6. The molecule has 4 rings (SSSR count). The Kier molecular flexibility index (Phi) is 5.43. The van der Waals surface area contributed by atoms with Crippen molar-refractivity contribution >= 4 is 22.8 Å². The highest BCUT2D eigenvalue weighted by Gasteiger charge is 2.15. The third-order valence-electron chi connectivity index (χ3n) is 4.81. The number of hydrogen-bond donors (Lipinski definition) is 2. The van der Waals surface area contributed by atoms with E-state index in [0.717, 1.165) is 22.2 Å². The van der Waals surface area contributed by atoms with Crippen molar-refractivity contribution in [3.8, 4) is 5.69 Å². The van der Waals surface area contributed by atoms with E-state index in [2.05, 4.69) is 20.7 Å². The van der Waals surface area contributed by atoms with Crippen LogP contribution in [0, 0.1) is 12.2 Å². The molecule has 0 aliphatic heterocycles. The molecule has 0 bridgehead atoms. The van der Waals surface area contributed by atoms with Gasteiger partial charge in [0, 0.05) is 11.8 Å². The van der Waals surface area contributed by atoms with Crippen molar-refractivity contribution in [1.29, 1.82) is 0 Å². The molecule has 4 aromatic rings. The molecule has 0 saturated heterocycles. The van der Waals surface area contributed by atoms with Crippen LogP contribution in [0.15, 0.2) is 66.9 Å². The fraction of sp³-hybridized carbons (Fsp3) is 0.130. The first-order valence-electron chi connectivity index (χ1n) is 9.61. The Hall–Kier alpha value is -3.74. The normalized spacial score (nSPS) is 12.0. The summed E-state index contributed by atoms with van der Waals surface area (Å²) in [6.07, 6.45) is 3.54. The minimum Gasteiger partial charge on any atom is -0.331 e. The summed E-state index contributed by atoms with van der Waals surface area (Å²) < 4.78 is 15.0. The Bertz CT molecular complexity index is 1170. The SMILES string of the molecule is C[CH]c1nc(NC(=O)N[C@H](C)c2ccccc2)cc2cnn(-c3ccc(F)cc3)c12. The summed E-state index contributed by atoms with van der Waals surface area (Å²) in [7, 11) is 0. The topological polar surface area (TPSA) is 71.8 Å². The smallest absolute Gasteiger partial charge is 0.320 e. The van der Waals surface area contributed by atoms with Crippen molar-refractivity contribution in [3.05, 3.63) is 90.4 Å². The van der Waals surface area contributed by atoms with E-state index in [0.29, 0.717) is 11.5 Å². The lowest BCUT2D eigenvalue weighted by Crippen LogP contribution is -2.31. The lowest BCUT2D eigenvalue weighted by molar-refractivity contribution is 0.249. The van der Waals surface area contributed by atoms with Gasteiger partial charge in [-0.2, -0.15) is 5.10 Å². The molecule has 30 heavy (non-hydrogen) atoms. The monoisotopic (exact) mass is 402 g/mol. The fourth-order valence-corrected chi connectivity index (χ4v) is 3.30. The van der Waals surface area contributed by atoms with Gasteiger partial charge in [0.2, 0.25) is 0 Å². The standard InChI is InChI=1S/C23H21FN5O/c1-3-20-22-17(14-25-29(22)19-11-9-18(24)10-12-19)13-21(27-20)28-23(30)26-15(2)16-7-5-4-6-8-16/h3-15H,1-2H3,(H2,26,27,28,30)/t15-/m1/s1. The predicted molar refractivity (Wildman–Crippen MR) is 115 cm³/mol. The second-order valence-corrected chi connectivity index (χ2v) is 6.88. The largest absolute Gasteiger partial charge is 0.331 e. The molecule has 1 radical (unpaired) electrons. The maximum atomic E-state index is 13.3. The van der Waals surface area contributed by atoms with Gasteiger partial charge in [0.15, 0.2) is 0 Å². The fourth-order valence-electron chi connectivity index (χ4n) is 3.30. The molecule has 2 aromatic carbocycles. The Balaban J connectivity index is 1.58. The number of nitrogens with zero attached hydrogens (tertiary/aromatic N) is 3. The summed E-state index contributed by atoms with van der Waals surface area (Å²) in [5, 5.41) is 10.9. The van der Waals surface area contributed by atoms with E-state index < -0.39 is 0 Å². The van der Waals surface area contributed by atoms with Crippen LogP contribution in [0.5, 0.6) is 0 Å². The van der Waals surface area contributed by atoms with Gasteiger partial charge in [-0.15, -0.1) is 0 Å². The average molecular weight is 402 g/mol. The lowest BCUT2D eigenvalue weighted by atomic mass is 10.1. The zero-order chi connectivity index (χ0) is 21.1. The summed E-state index contributed by atoms with van der Waals surface area (Å²) in [4.78, 5) is 17.0. The van der Waals surface area contributed by atoms with Crippen LogP contribution < -0.4 is 10.6 Å². The average Bonchev–Trinajstić information content (AvgIpc) is 3.18. The van der Waals surface area contributed by atoms with Gasteiger partial charge >= 0.3 is 6.03 Å². The number of nitrogens with one attached hydrogen (secondary N) is 2. The molecule has 0 unspecified atom stereocenters. The minimum absolute atomic E-state index is 0.145. The van der Waals surface area contributed by atoms with Crippen molar-refractivity contribution < 1.29 is 9.18 Å². The van der Waals surface area contributed by atoms with Crippen LogP contribution in [-0.2, 0) is 0 Å². The van der Waals surface area contributed by atoms with E-state index in [1.807, 2.05) is 50.6 Å². The summed E-state index contributed by atoms with van der Waals surface area (Å²) in [5.41, 5.74) is 3.19. The van der Waals surface area contributed by atoms with Crippen LogP contribution in [0.2, 0.25) is 0 Å². The van der Waals surface area contributed by atoms with Crippen LogP contribution in [-0.4, -0.2) is 20.8 Å². The molecule has 0 saturated carbocycles. The van der Waals surface area contributed by atoms with E-state index in [1.165, 1.54) is 12.1 Å². The van der Waals surface area contributed by atoms with E-state index in [4.69, 9.17) is 0 Å². The van der Waals surface area contributed by atoms with E-state index in [1.54, 1.807) is 29.1 Å². The number of carbonyl (C=O) groups is 1. The molecular formula is C23H21FN5O. The Morgan fingerprint density at radius 2 is 1.87 bits per heavy atom. The van der Waals surface area contributed by atoms with E-state index >= 15 is 0 Å². The van der Waals surface area contributed by atoms with Crippen molar-refractivity contribution in [2.24, 2.45) is 0 Å². The Morgan fingerprint density at radius 1 is 1.13 bits per heavy atom. The number of aromatic nitrogens is 3. The van der Waals surface area contributed by atoms with Crippen LogP contribution in [0.1, 0.15) is 31.1 Å². The van der Waals surface area contributed by atoms with Gasteiger partial charge in [-0.3, -0.25) is 5.32 Å². The molecule has 0 aliphatic carbocycles. The summed E-state index contributed by atoms with van der Waals surface area (Å²) in [6, 6.07) is 17.1. The van der Waals surface area contributed by atoms with E-state index in [9.17, 15) is 9.18 Å². The molecule has 0 spiro atoms. The first-order valence-corrected chi connectivity index (χ1v) is 9.61. The maximum absolute atomic E-state index is 13.3. The number of anilines is 1. The first kappa shape index (κ1) is 19.6. The highest BCUT2D eigenvalue weighted by Crippen LogP contribution is 2.25. The first-order chi connectivity index (χ1) is 14.5. The molecule has 6 nitrogen and oxygen atoms in total. The van der Waals surface area contributed by atoms with Crippen molar-refractivity contribution in [2.45, 2.75) is 19.9 Å². The third kappa shape index (κ3) is 4.00. The van der Waals surface area contributed by atoms with Gasteiger partial charge in [0.1, 0.15) is 11.6 Å². The number of benzene rings is 2. The number of pyridine rings is 1. The minimum atomic E-state index is -0.341. The molecule has 7 heteroatoms. The summed E-state index contributed by atoms with van der Waals surface area (Å²) in [5.74, 6) is 0.116. The molecule has 2 N–H and O–H groups in total. The van der Waals surface area contributed by atoms with Crippen LogP contribution in [0.25, 0.3) is 16.6 Å². The van der Waals surface area contributed by atoms with Gasteiger partial charge in [-0.05, 0) is 42.8 Å². The number of amides is 2. The number of fused-ring (bicyclic) bond motifs is 1. The Morgan fingerprint density at radius 3 is 2.57 bits per heavy atom. The Labute approximate surface area is 173 Å². The summed E-state index contributed by atoms with van der Waals surface area (Å²) in [6.45, 7) is 3.79. The molecule has 2 heterocycles. The summed E-state index contributed by atoms with van der Waals surface area (Å²) >= 11 is 0. The number of urea groups is 1. The molecule has 2 aromatic heterocycles. The number of halogens is 1. The predicted octanol–water partition coefficient (Wildman–Crippen LogP) is 5.01.